The van der Waals surface area contributed by atoms with Gasteiger partial charge in [0, 0.05) is 18.5 Å². The van der Waals surface area contributed by atoms with Crippen LogP contribution in [0.2, 0.25) is 0 Å². The predicted molar refractivity (Wildman–Crippen MR) is 88.0 cm³/mol. The van der Waals surface area contributed by atoms with Gasteiger partial charge >= 0.3 is 0 Å². The number of anilines is 1. The Hall–Kier alpha value is -2.59. The van der Waals surface area contributed by atoms with Gasteiger partial charge in [-0.1, -0.05) is 0 Å². The van der Waals surface area contributed by atoms with Gasteiger partial charge in [-0.3, -0.25) is 24.9 Å². The lowest BCUT2D eigenvalue weighted by Crippen LogP contribution is -2.17. The first-order valence-electron chi connectivity index (χ1n) is 6.44. The zero-order valence-electron chi connectivity index (χ0n) is 12.1. The highest BCUT2D eigenvalue weighted by atomic mass is 32.1. The second-order valence-corrected chi connectivity index (χ2v) is 6.49. The minimum absolute atomic E-state index is 0.0362. The van der Waals surface area contributed by atoms with Crippen LogP contribution in [0.5, 0.6) is 0 Å². The summed E-state index contributed by atoms with van der Waals surface area (Å²) in [5, 5.41) is 21.1. The third-order valence-corrected chi connectivity index (χ3v) is 4.81. The summed E-state index contributed by atoms with van der Waals surface area (Å²) in [7, 11) is 1.69. The van der Waals surface area contributed by atoms with Crippen molar-refractivity contribution < 1.29 is 9.72 Å². The molecular formula is C13H11N5O3S2. The van der Waals surface area contributed by atoms with Gasteiger partial charge in [0.25, 0.3) is 11.6 Å². The van der Waals surface area contributed by atoms with Crippen LogP contribution in [-0.4, -0.2) is 25.6 Å². The van der Waals surface area contributed by atoms with E-state index in [-0.39, 0.29) is 11.6 Å². The molecule has 118 valence electrons. The molecule has 23 heavy (non-hydrogen) atoms. The Bertz CT molecular complexity index is 876. The highest BCUT2D eigenvalue weighted by Crippen LogP contribution is 2.32. The smallest absolute Gasteiger partial charge is 0.280 e. The maximum Gasteiger partial charge on any atom is 0.280 e. The average Bonchev–Trinajstić information content (AvgIpc) is 3.18. The fourth-order valence-electron chi connectivity index (χ4n) is 2.03. The lowest BCUT2D eigenvalue weighted by Gasteiger charge is -2.03. The van der Waals surface area contributed by atoms with Crippen LogP contribution in [0.3, 0.4) is 0 Å². The summed E-state index contributed by atoms with van der Waals surface area (Å²) in [6.45, 7) is 1.81. The van der Waals surface area contributed by atoms with Crippen molar-refractivity contribution in [3.8, 4) is 10.6 Å². The predicted octanol–water partition coefficient (Wildman–Crippen LogP) is 3.07. The molecule has 3 aromatic rings. The molecule has 1 amide bonds. The molecule has 0 saturated carbocycles. The number of nitrogens with one attached hydrogen (secondary N) is 1. The van der Waals surface area contributed by atoms with Gasteiger partial charge in [-0.15, -0.1) is 22.7 Å². The molecule has 0 unspecified atom stereocenters. The van der Waals surface area contributed by atoms with E-state index in [1.165, 1.54) is 38.8 Å². The second kappa shape index (κ2) is 5.89. The van der Waals surface area contributed by atoms with E-state index in [0.717, 1.165) is 5.56 Å². The van der Waals surface area contributed by atoms with E-state index in [4.69, 9.17) is 0 Å². The van der Waals surface area contributed by atoms with Gasteiger partial charge in [0.2, 0.25) is 0 Å². The number of thiazole rings is 1. The first-order chi connectivity index (χ1) is 11.0. The summed E-state index contributed by atoms with van der Waals surface area (Å²) in [5.74, 6) is -0.291. The van der Waals surface area contributed by atoms with Gasteiger partial charge in [0.05, 0.1) is 27.1 Å². The quantitative estimate of drug-likeness (QED) is 0.576. The number of nitrogens with zero attached hydrogens (tertiary/aromatic N) is 4. The van der Waals surface area contributed by atoms with Gasteiger partial charge < -0.3 is 0 Å². The van der Waals surface area contributed by atoms with Crippen LogP contribution < -0.4 is 5.32 Å². The van der Waals surface area contributed by atoms with Gasteiger partial charge in [-0.25, -0.2) is 4.98 Å². The topological polar surface area (TPSA) is 103 Å². The molecular weight excluding hydrogens is 338 g/mol. The molecule has 10 heteroatoms. The molecule has 0 saturated heterocycles. The molecule has 0 aliphatic carbocycles. The summed E-state index contributed by atoms with van der Waals surface area (Å²) in [6, 6.07) is 1.47. The van der Waals surface area contributed by atoms with Crippen molar-refractivity contribution in [3.63, 3.8) is 0 Å². The number of aryl methyl sites for hydroxylation is 2. The van der Waals surface area contributed by atoms with Crippen molar-refractivity contribution in [2.24, 2.45) is 7.05 Å². The maximum absolute atomic E-state index is 12.3. The lowest BCUT2D eigenvalue weighted by molar-refractivity contribution is -0.384. The Morgan fingerprint density at radius 3 is 2.78 bits per heavy atom. The summed E-state index contributed by atoms with van der Waals surface area (Å²) in [5.41, 5.74) is 1.88. The Kier molecular flexibility index (Phi) is 3.92. The molecule has 0 aliphatic rings. The highest BCUT2D eigenvalue weighted by Gasteiger charge is 2.17. The number of carbonyl (C=O) groups is 1. The summed E-state index contributed by atoms with van der Waals surface area (Å²) in [4.78, 5) is 27.5. The van der Waals surface area contributed by atoms with E-state index < -0.39 is 4.92 Å². The second-order valence-electron chi connectivity index (χ2n) is 4.72. The third-order valence-electron chi connectivity index (χ3n) is 3.11. The van der Waals surface area contributed by atoms with Crippen LogP contribution in [0.1, 0.15) is 16.1 Å². The molecule has 8 nitrogen and oxygen atoms in total. The van der Waals surface area contributed by atoms with Crippen LogP contribution in [0.4, 0.5) is 10.8 Å². The maximum atomic E-state index is 12.3. The molecule has 1 N–H and O–H groups in total. The average molecular weight is 349 g/mol. The summed E-state index contributed by atoms with van der Waals surface area (Å²) in [6.07, 6.45) is 1.62. The fourth-order valence-corrected chi connectivity index (χ4v) is 3.63. The zero-order valence-corrected chi connectivity index (χ0v) is 13.8. The minimum Gasteiger partial charge on any atom is -0.296 e. The molecule has 3 aromatic heterocycles. The first kappa shape index (κ1) is 15.3. The van der Waals surface area contributed by atoms with E-state index in [1.54, 1.807) is 25.5 Å². The normalized spacial score (nSPS) is 10.7. The van der Waals surface area contributed by atoms with Crippen molar-refractivity contribution in [1.29, 1.82) is 0 Å². The Balaban J connectivity index is 1.79. The number of rotatable bonds is 4. The number of aromatic nitrogens is 3. The molecule has 0 aromatic carbocycles. The Morgan fingerprint density at radius 2 is 2.17 bits per heavy atom. The van der Waals surface area contributed by atoms with Crippen molar-refractivity contribution in [2.45, 2.75) is 6.92 Å². The van der Waals surface area contributed by atoms with Gasteiger partial charge in [0.1, 0.15) is 5.69 Å². The first-order valence-corrected chi connectivity index (χ1v) is 8.20. The Labute approximate surface area is 138 Å². The number of carbonyl (C=O) groups excluding carboxylic acids is 1. The van der Waals surface area contributed by atoms with Crippen molar-refractivity contribution >= 4 is 39.4 Å². The largest absolute Gasteiger partial charge is 0.296 e. The third kappa shape index (κ3) is 2.98. The number of thiophene rings is 1. The van der Waals surface area contributed by atoms with Crippen LogP contribution in [-0.2, 0) is 7.05 Å². The van der Waals surface area contributed by atoms with Crippen molar-refractivity contribution in [3.05, 3.63) is 44.4 Å². The number of hydrogen-bond acceptors (Lipinski definition) is 7. The standard InChI is InChI=1S/C13H11N5O3S2/c1-7-4-14-17(2)11(7)12(19)16-13-15-9(6-23-13)10-3-8(5-22-10)18(20)21/h3-6H,1-2H3,(H,15,16,19). The molecule has 0 atom stereocenters. The highest BCUT2D eigenvalue weighted by molar-refractivity contribution is 7.16. The van der Waals surface area contributed by atoms with E-state index >= 15 is 0 Å². The number of hydrogen-bond donors (Lipinski definition) is 1. The number of amides is 1. The molecule has 3 heterocycles. The zero-order chi connectivity index (χ0) is 16.6. The van der Waals surface area contributed by atoms with E-state index in [9.17, 15) is 14.9 Å². The van der Waals surface area contributed by atoms with Gasteiger partial charge in [-0.05, 0) is 12.5 Å². The lowest BCUT2D eigenvalue weighted by atomic mass is 10.2. The van der Waals surface area contributed by atoms with Gasteiger partial charge in [-0.2, -0.15) is 5.10 Å². The van der Waals surface area contributed by atoms with E-state index in [0.29, 0.717) is 21.4 Å². The Morgan fingerprint density at radius 1 is 1.39 bits per heavy atom. The van der Waals surface area contributed by atoms with Crippen molar-refractivity contribution in [2.75, 3.05) is 5.32 Å². The molecule has 0 bridgehead atoms. The summed E-state index contributed by atoms with van der Waals surface area (Å²) >= 11 is 2.50. The molecule has 0 fully saturated rings. The molecule has 0 radical (unpaired) electrons. The van der Waals surface area contributed by atoms with Crippen LogP contribution in [0.15, 0.2) is 23.0 Å². The SMILES string of the molecule is Cc1cnn(C)c1C(=O)Nc1nc(-c2cc([N+](=O)[O-])cs2)cs1. The van der Waals surface area contributed by atoms with E-state index in [1.807, 2.05) is 0 Å². The molecule has 0 aliphatic heterocycles. The van der Waals surface area contributed by atoms with Crippen LogP contribution in [0, 0.1) is 17.0 Å². The van der Waals surface area contributed by atoms with E-state index in [2.05, 4.69) is 15.4 Å². The molecule has 0 spiro atoms. The fraction of sp³-hybridized carbons (Fsp3) is 0.154. The minimum atomic E-state index is -0.444. The summed E-state index contributed by atoms with van der Waals surface area (Å²) < 4.78 is 1.50. The van der Waals surface area contributed by atoms with Crippen molar-refractivity contribution in [1.82, 2.24) is 14.8 Å². The van der Waals surface area contributed by atoms with Gasteiger partial charge in [0.15, 0.2) is 5.13 Å². The molecule has 3 rings (SSSR count). The van der Waals surface area contributed by atoms with Crippen LogP contribution >= 0.6 is 22.7 Å². The monoisotopic (exact) mass is 349 g/mol. The number of nitro groups is 1. The van der Waals surface area contributed by atoms with Crippen LogP contribution in [0.25, 0.3) is 10.6 Å².